The Balaban J connectivity index is 1.39. The van der Waals surface area contributed by atoms with Crippen molar-refractivity contribution < 1.29 is 29.0 Å². The van der Waals surface area contributed by atoms with Crippen molar-refractivity contribution in [3.8, 4) is 0 Å². The van der Waals surface area contributed by atoms with E-state index in [4.69, 9.17) is 9.72 Å². The van der Waals surface area contributed by atoms with Gasteiger partial charge in [-0.25, -0.2) is 9.78 Å². The van der Waals surface area contributed by atoms with Crippen molar-refractivity contribution in [2.45, 2.75) is 89.8 Å². The Morgan fingerprint density at radius 3 is 2.04 bits per heavy atom. The maximum absolute atomic E-state index is 13.3. The predicted molar refractivity (Wildman–Crippen MR) is 186 cm³/mol. The van der Waals surface area contributed by atoms with Gasteiger partial charge in [0, 0.05) is 6.42 Å². The number of alkyl carbamates (subject to hydrolysis) is 1. The fourth-order valence-corrected chi connectivity index (χ4v) is 5.19. The van der Waals surface area contributed by atoms with E-state index < -0.39 is 53.8 Å². The molecule has 12 heteroatoms. The number of aliphatic hydroxyl groups excluding tert-OH is 1. The van der Waals surface area contributed by atoms with Crippen LogP contribution in [-0.2, 0) is 25.5 Å². The Hall–Kier alpha value is -5.23. The van der Waals surface area contributed by atoms with Crippen LogP contribution >= 0.6 is 0 Å². The highest BCUT2D eigenvalue weighted by Crippen LogP contribution is 2.23. The lowest BCUT2D eigenvalue weighted by Gasteiger charge is -2.27. The summed E-state index contributed by atoms with van der Waals surface area (Å²) in [7, 11) is 0. The quantitative estimate of drug-likeness (QED) is 0.117. The normalized spacial score (nSPS) is 14.5. The lowest BCUT2D eigenvalue weighted by molar-refractivity contribution is -0.130. The number of aromatic amines is 1. The van der Waals surface area contributed by atoms with Crippen LogP contribution in [0.3, 0.4) is 0 Å². The highest BCUT2D eigenvalue weighted by atomic mass is 16.6. The second kappa shape index (κ2) is 16.7. The van der Waals surface area contributed by atoms with E-state index in [1.54, 1.807) is 20.8 Å². The molecule has 260 valence electrons. The van der Waals surface area contributed by atoms with Crippen molar-refractivity contribution in [3.05, 3.63) is 102 Å². The summed E-state index contributed by atoms with van der Waals surface area (Å²) >= 11 is 0. The number of aromatic nitrogens is 2. The van der Waals surface area contributed by atoms with Gasteiger partial charge in [0.2, 0.25) is 17.7 Å². The number of nitrogens with zero attached hydrogens (tertiary/aromatic N) is 1. The lowest BCUT2D eigenvalue weighted by atomic mass is 9.97. The van der Waals surface area contributed by atoms with Crippen LogP contribution in [0.25, 0.3) is 11.0 Å². The monoisotopic (exact) mass is 670 g/mol. The molecule has 0 saturated heterocycles. The number of para-hydroxylation sites is 2. The fourth-order valence-electron chi connectivity index (χ4n) is 5.19. The van der Waals surface area contributed by atoms with Crippen molar-refractivity contribution in [3.63, 3.8) is 0 Å². The highest BCUT2D eigenvalue weighted by molar-refractivity contribution is 5.91. The zero-order valence-electron chi connectivity index (χ0n) is 28.5. The average Bonchev–Trinajstić information content (AvgIpc) is 3.49. The maximum atomic E-state index is 13.3. The lowest BCUT2D eigenvalue weighted by Crippen LogP contribution is -2.55. The molecular formula is C37H46N6O6. The summed E-state index contributed by atoms with van der Waals surface area (Å²) in [4.78, 5) is 59.4. The average molecular weight is 671 g/mol. The molecule has 0 aliphatic rings. The van der Waals surface area contributed by atoms with Crippen LogP contribution in [0, 0.1) is 0 Å². The van der Waals surface area contributed by atoms with E-state index in [9.17, 15) is 24.3 Å². The van der Waals surface area contributed by atoms with E-state index in [1.807, 2.05) is 84.9 Å². The van der Waals surface area contributed by atoms with E-state index in [0.717, 1.165) is 22.2 Å². The van der Waals surface area contributed by atoms with Crippen LogP contribution in [0.4, 0.5) is 4.79 Å². The second-order valence-electron chi connectivity index (χ2n) is 13.1. The molecule has 6 N–H and O–H groups in total. The van der Waals surface area contributed by atoms with Gasteiger partial charge in [0.05, 0.1) is 23.2 Å². The first kappa shape index (κ1) is 36.6. The minimum Gasteiger partial charge on any atom is -0.444 e. The van der Waals surface area contributed by atoms with Gasteiger partial charge >= 0.3 is 6.09 Å². The molecule has 0 radical (unpaired) electrons. The first-order valence-corrected chi connectivity index (χ1v) is 16.4. The molecule has 12 nitrogen and oxygen atoms in total. The van der Waals surface area contributed by atoms with E-state index in [1.165, 1.54) is 13.8 Å². The van der Waals surface area contributed by atoms with Crippen molar-refractivity contribution in [2.24, 2.45) is 0 Å². The van der Waals surface area contributed by atoms with Crippen molar-refractivity contribution in [1.29, 1.82) is 0 Å². The molecule has 0 aliphatic carbocycles. The highest BCUT2D eigenvalue weighted by Gasteiger charge is 2.28. The maximum Gasteiger partial charge on any atom is 0.408 e. The zero-order chi connectivity index (χ0) is 35.6. The smallest absolute Gasteiger partial charge is 0.408 e. The van der Waals surface area contributed by atoms with Gasteiger partial charge in [0.1, 0.15) is 29.6 Å². The number of carbonyl (C=O) groups excluding carboxylic acids is 4. The molecule has 4 aromatic rings. The van der Waals surface area contributed by atoms with E-state index in [0.29, 0.717) is 5.82 Å². The number of imidazole rings is 1. The molecule has 0 bridgehead atoms. The number of carbonyl (C=O) groups is 4. The summed E-state index contributed by atoms with van der Waals surface area (Å²) in [5.74, 6) is -0.827. The topological polar surface area (TPSA) is 175 Å². The number of fused-ring (bicyclic) bond motifs is 1. The van der Waals surface area contributed by atoms with Gasteiger partial charge in [-0.1, -0.05) is 72.8 Å². The summed E-state index contributed by atoms with van der Waals surface area (Å²) in [5.41, 5.74) is 2.61. The number of rotatable bonds is 14. The van der Waals surface area contributed by atoms with Crippen molar-refractivity contribution in [1.82, 2.24) is 31.2 Å². The summed E-state index contributed by atoms with van der Waals surface area (Å²) in [6.45, 7) is 8.11. The molecule has 5 atom stereocenters. The van der Waals surface area contributed by atoms with E-state index in [2.05, 4.69) is 26.3 Å². The van der Waals surface area contributed by atoms with Gasteiger partial charge in [-0.3, -0.25) is 14.4 Å². The Morgan fingerprint density at radius 2 is 1.39 bits per heavy atom. The molecule has 0 saturated carbocycles. The Morgan fingerprint density at radius 1 is 0.796 bits per heavy atom. The third-order valence-corrected chi connectivity index (χ3v) is 7.76. The van der Waals surface area contributed by atoms with Crippen LogP contribution in [0.5, 0.6) is 0 Å². The summed E-state index contributed by atoms with van der Waals surface area (Å²) in [5, 5.41) is 22.3. The number of nitrogens with one attached hydrogen (secondary N) is 5. The Labute approximate surface area is 286 Å². The molecule has 49 heavy (non-hydrogen) atoms. The van der Waals surface area contributed by atoms with Gasteiger partial charge in [-0.2, -0.15) is 0 Å². The third kappa shape index (κ3) is 11.2. The van der Waals surface area contributed by atoms with Gasteiger partial charge in [0.25, 0.3) is 0 Å². The minimum absolute atomic E-state index is 0.0218. The number of aliphatic hydroxyl groups is 1. The minimum atomic E-state index is -1.09. The molecule has 1 unspecified atom stereocenters. The number of amides is 4. The summed E-state index contributed by atoms with van der Waals surface area (Å²) < 4.78 is 5.19. The number of H-pyrrole nitrogens is 1. The van der Waals surface area contributed by atoms with E-state index in [-0.39, 0.29) is 25.2 Å². The van der Waals surface area contributed by atoms with Crippen LogP contribution in [0.2, 0.25) is 0 Å². The van der Waals surface area contributed by atoms with Gasteiger partial charge in [0.15, 0.2) is 0 Å². The van der Waals surface area contributed by atoms with Crippen LogP contribution < -0.4 is 21.3 Å². The number of hydrogen-bond acceptors (Lipinski definition) is 7. The zero-order valence-corrected chi connectivity index (χ0v) is 28.5. The molecule has 0 fully saturated rings. The summed E-state index contributed by atoms with van der Waals surface area (Å²) in [6, 6.07) is 23.2. The molecule has 1 aromatic heterocycles. The second-order valence-corrected chi connectivity index (χ2v) is 13.1. The molecule has 4 amide bonds. The first-order chi connectivity index (χ1) is 23.3. The SMILES string of the molecule is C[C@H](NC(=O)OC(C)(C)C)C(=O)N[C@@H](C)C(=O)N[C@@H](Cc1ccccc1)[C@@H](O)CCC(=O)NC(c1ccccc1)c1nc2ccccc2[nH]1. The number of hydrogen-bond donors (Lipinski definition) is 6. The summed E-state index contributed by atoms with van der Waals surface area (Å²) in [6.07, 6.45) is -1.52. The van der Waals surface area contributed by atoms with Crippen molar-refractivity contribution >= 4 is 34.8 Å². The largest absolute Gasteiger partial charge is 0.444 e. The Bertz CT molecular complexity index is 1670. The Kier molecular flexibility index (Phi) is 12.5. The standard InChI is InChI=1S/C37H46N6O6/c1-23(38-34(46)24(2)39-36(48)49-37(3,4)5)35(47)42-29(22-25-14-8-6-9-15-25)30(44)20-21-31(45)43-32(26-16-10-7-11-17-26)33-40-27-18-12-13-19-28(27)41-33/h6-19,23-24,29-30,32,44H,20-22H2,1-5H3,(H,38,46)(H,39,48)(H,40,41)(H,42,47)(H,43,45)/t23-,24-,29-,30-,32?/m0/s1. The van der Waals surface area contributed by atoms with Crippen LogP contribution in [0.15, 0.2) is 84.9 Å². The molecule has 0 spiro atoms. The molecule has 3 aromatic carbocycles. The van der Waals surface area contributed by atoms with Gasteiger partial charge in [-0.05, 0) is 70.7 Å². The molecule has 1 heterocycles. The molecular weight excluding hydrogens is 624 g/mol. The third-order valence-electron chi connectivity index (χ3n) is 7.76. The predicted octanol–water partition coefficient (Wildman–Crippen LogP) is 4.06. The van der Waals surface area contributed by atoms with Gasteiger partial charge in [-0.15, -0.1) is 0 Å². The first-order valence-electron chi connectivity index (χ1n) is 16.4. The number of ether oxygens (including phenoxy) is 1. The van der Waals surface area contributed by atoms with E-state index >= 15 is 0 Å². The van der Waals surface area contributed by atoms with Crippen LogP contribution in [0.1, 0.15) is 70.5 Å². The van der Waals surface area contributed by atoms with Crippen LogP contribution in [-0.4, -0.2) is 68.7 Å². The molecule has 4 rings (SSSR count). The fraction of sp³-hybridized carbons (Fsp3) is 0.378. The number of benzene rings is 3. The molecule has 0 aliphatic heterocycles. The van der Waals surface area contributed by atoms with Gasteiger partial charge < -0.3 is 36.1 Å². The van der Waals surface area contributed by atoms with Crippen molar-refractivity contribution in [2.75, 3.05) is 0 Å².